The van der Waals surface area contributed by atoms with Gasteiger partial charge in [0.15, 0.2) is 4.90 Å². The van der Waals surface area contributed by atoms with Gasteiger partial charge < -0.3 is 5.11 Å². The molecule has 0 unspecified atom stereocenters. The number of carboxylic acids is 1. The van der Waals surface area contributed by atoms with Gasteiger partial charge in [0.25, 0.3) is 5.69 Å². The Hall–Kier alpha value is -2.00. The first-order valence-corrected chi connectivity index (χ1v) is 9.28. The number of carboxylic acid groups (broad SMARTS) is 1. The number of nitro benzene ring substituents is 1. The van der Waals surface area contributed by atoms with Crippen LogP contribution in [0.15, 0.2) is 29.2 Å². The Morgan fingerprint density at radius 1 is 1.29 bits per heavy atom. The highest BCUT2D eigenvalue weighted by Crippen LogP contribution is 2.28. The standard InChI is InChI=1S/C15H20N2O6S/c18-15(19)12(10-11-6-2-1-3-7-11)16-24(22,23)14-9-5-4-8-13(14)17(20)21/h4-5,8-9,11-12,16H,1-3,6-7,10H2,(H,18,19)/t12-/m0/s1. The summed E-state index contributed by atoms with van der Waals surface area (Å²) in [6.07, 6.45) is 5.06. The van der Waals surface area contributed by atoms with Crippen molar-refractivity contribution in [1.29, 1.82) is 0 Å². The van der Waals surface area contributed by atoms with Crippen molar-refractivity contribution >= 4 is 21.7 Å². The molecule has 9 heteroatoms. The predicted molar refractivity (Wildman–Crippen MR) is 86.0 cm³/mol. The minimum Gasteiger partial charge on any atom is -0.480 e. The minimum absolute atomic E-state index is 0.147. The number of para-hydroxylation sites is 1. The van der Waals surface area contributed by atoms with Gasteiger partial charge in [0.1, 0.15) is 6.04 Å². The van der Waals surface area contributed by atoms with E-state index in [1.165, 1.54) is 12.1 Å². The molecule has 0 bridgehead atoms. The molecule has 0 aromatic heterocycles. The fourth-order valence-electron chi connectivity index (χ4n) is 3.04. The maximum Gasteiger partial charge on any atom is 0.321 e. The van der Waals surface area contributed by atoms with E-state index in [9.17, 15) is 28.4 Å². The quantitative estimate of drug-likeness (QED) is 0.570. The molecule has 1 aromatic carbocycles. The fraction of sp³-hybridized carbons (Fsp3) is 0.533. The summed E-state index contributed by atoms with van der Waals surface area (Å²) in [5.41, 5.74) is -0.577. The van der Waals surface area contributed by atoms with Gasteiger partial charge in [0.2, 0.25) is 10.0 Å². The van der Waals surface area contributed by atoms with Crippen molar-refractivity contribution in [3.8, 4) is 0 Å². The molecule has 1 fully saturated rings. The lowest BCUT2D eigenvalue weighted by molar-refractivity contribution is -0.387. The normalized spacial score (nSPS) is 17.3. The molecule has 1 aromatic rings. The van der Waals surface area contributed by atoms with Crippen LogP contribution in [0.25, 0.3) is 0 Å². The van der Waals surface area contributed by atoms with Crippen LogP contribution < -0.4 is 4.72 Å². The van der Waals surface area contributed by atoms with Gasteiger partial charge in [0, 0.05) is 6.07 Å². The highest BCUT2D eigenvalue weighted by Gasteiger charge is 2.32. The molecule has 2 N–H and O–H groups in total. The Labute approximate surface area is 140 Å². The maximum absolute atomic E-state index is 12.4. The molecule has 1 aliphatic rings. The van der Waals surface area contributed by atoms with E-state index in [0.717, 1.165) is 44.2 Å². The Balaban J connectivity index is 2.21. The molecular formula is C15H20N2O6S. The van der Waals surface area contributed by atoms with Crippen molar-refractivity contribution in [3.63, 3.8) is 0 Å². The SMILES string of the molecule is O=C(O)[C@H](CC1CCCCC1)NS(=O)(=O)c1ccccc1[N+](=O)[O-]. The fourth-order valence-corrected chi connectivity index (χ4v) is 4.42. The Kier molecular flexibility index (Phi) is 5.89. The number of hydrogen-bond acceptors (Lipinski definition) is 5. The summed E-state index contributed by atoms with van der Waals surface area (Å²) in [5, 5.41) is 20.3. The summed E-state index contributed by atoms with van der Waals surface area (Å²) in [7, 11) is -4.30. The van der Waals surface area contributed by atoms with Crippen LogP contribution in [0.1, 0.15) is 38.5 Å². The lowest BCUT2D eigenvalue weighted by atomic mass is 9.85. The third-order valence-corrected chi connectivity index (χ3v) is 5.76. The molecule has 24 heavy (non-hydrogen) atoms. The molecule has 1 saturated carbocycles. The largest absolute Gasteiger partial charge is 0.480 e. The highest BCUT2D eigenvalue weighted by atomic mass is 32.2. The molecule has 1 aliphatic carbocycles. The summed E-state index contributed by atoms with van der Waals surface area (Å²) < 4.78 is 27.0. The zero-order valence-corrected chi connectivity index (χ0v) is 13.9. The molecular weight excluding hydrogens is 336 g/mol. The average Bonchev–Trinajstić information content (AvgIpc) is 2.55. The second kappa shape index (κ2) is 7.71. The van der Waals surface area contributed by atoms with Crippen LogP contribution in [0.4, 0.5) is 5.69 Å². The number of nitro groups is 1. The van der Waals surface area contributed by atoms with E-state index in [1.807, 2.05) is 0 Å². The molecule has 1 atom stereocenters. The number of benzene rings is 1. The maximum atomic E-state index is 12.4. The lowest BCUT2D eigenvalue weighted by Gasteiger charge is -2.24. The van der Waals surface area contributed by atoms with Crippen LogP contribution in [-0.4, -0.2) is 30.5 Å². The van der Waals surface area contributed by atoms with E-state index in [2.05, 4.69) is 4.72 Å². The highest BCUT2D eigenvalue weighted by molar-refractivity contribution is 7.89. The monoisotopic (exact) mass is 356 g/mol. The molecule has 0 radical (unpaired) electrons. The van der Waals surface area contributed by atoms with E-state index < -0.39 is 37.5 Å². The topological polar surface area (TPSA) is 127 Å². The van der Waals surface area contributed by atoms with Crippen LogP contribution in [0.3, 0.4) is 0 Å². The molecule has 0 aliphatic heterocycles. The van der Waals surface area contributed by atoms with Crippen LogP contribution in [-0.2, 0) is 14.8 Å². The number of nitrogens with one attached hydrogen (secondary N) is 1. The Morgan fingerprint density at radius 3 is 2.50 bits per heavy atom. The summed E-state index contributed by atoms with van der Waals surface area (Å²) in [4.78, 5) is 21.1. The van der Waals surface area contributed by atoms with Crippen molar-refractivity contribution in [2.75, 3.05) is 0 Å². The number of sulfonamides is 1. The second-order valence-corrected chi connectivity index (χ2v) is 7.66. The van der Waals surface area contributed by atoms with Crippen LogP contribution in [0, 0.1) is 16.0 Å². The number of aliphatic carboxylic acids is 1. The van der Waals surface area contributed by atoms with Crippen molar-refractivity contribution in [2.45, 2.75) is 49.5 Å². The third kappa shape index (κ3) is 4.51. The first kappa shape index (κ1) is 18.3. The van der Waals surface area contributed by atoms with E-state index >= 15 is 0 Å². The van der Waals surface area contributed by atoms with Gasteiger partial charge in [-0.25, -0.2) is 8.42 Å². The van der Waals surface area contributed by atoms with Crippen molar-refractivity contribution in [2.24, 2.45) is 5.92 Å². The molecule has 0 spiro atoms. The van der Waals surface area contributed by atoms with Crippen molar-refractivity contribution < 1.29 is 23.2 Å². The molecule has 2 rings (SSSR count). The first-order chi connectivity index (χ1) is 11.3. The first-order valence-electron chi connectivity index (χ1n) is 7.80. The minimum atomic E-state index is -4.30. The molecule has 0 amide bonds. The van der Waals surface area contributed by atoms with Gasteiger partial charge in [-0.3, -0.25) is 14.9 Å². The van der Waals surface area contributed by atoms with Crippen LogP contribution >= 0.6 is 0 Å². The summed E-state index contributed by atoms with van der Waals surface area (Å²) in [5.74, 6) is -1.13. The van der Waals surface area contributed by atoms with Gasteiger partial charge >= 0.3 is 5.97 Å². The zero-order valence-electron chi connectivity index (χ0n) is 13.1. The van der Waals surface area contributed by atoms with Crippen molar-refractivity contribution in [1.82, 2.24) is 4.72 Å². The number of hydrogen-bond donors (Lipinski definition) is 2. The number of rotatable bonds is 7. The smallest absolute Gasteiger partial charge is 0.321 e. The number of nitrogens with zero attached hydrogens (tertiary/aromatic N) is 1. The number of carbonyl (C=O) groups is 1. The average molecular weight is 356 g/mol. The molecule has 0 saturated heterocycles. The van der Waals surface area contributed by atoms with E-state index in [0.29, 0.717) is 0 Å². The second-order valence-electron chi connectivity index (χ2n) is 5.98. The Bertz CT molecular complexity index is 712. The van der Waals surface area contributed by atoms with E-state index in [1.54, 1.807) is 0 Å². The van der Waals surface area contributed by atoms with Crippen molar-refractivity contribution in [3.05, 3.63) is 34.4 Å². The van der Waals surface area contributed by atoms with Gasteiger partial charge in [-0.15, -0.1) is 0 Å². The molecule has 8 nitrogen and oxygen atoms in total. The van der Waals surface area contributed by atoms with E-state index in [4.69, 9.17) is 0 Å². The Morgan fingerprint density at radius 2 is 1.92 bits per heavy atom. The van der Waals surface area contributed by atoms with Crippen LogP contribution in [0.2, 0.25) is 0 Å². The molecule has 0 heterocycles. The van der Waals surface area contributed by atoms with Crippen LogP contribution in [0.5, 0.6) is 0 Å². The van der Waals surface area contributed by atoms with Gasteiger partial charge in [-0.2, -0.15) is 4.72 Å². The summed E-state index contributed by atoms with van der Waals surface area (Å²) >= 11 is 0. The zero-order chi connectivity index (χ0) is 17.7. The van der Waals surface area contributed by atoms with E-state index in [-0.39, 0.29) is 12.3 Å². The summed E-state index contributed by atoms with van der Waals surface area (Å²) in [6.45, 7) is 0. The van der Waals surface area contributed by atoms with Gasteiger partial charge in [0.05, 0.1) is 4.92 Å². The predicted octanol–water partition coefficient (Wildman–Crippen LogP) is 2.30. The lowest BCUT2D eigenvalue weighted by Crippen LogP contribution is -2.42. The third-order valence-electron chi connectivity index (χ3n) is 4.24. The summed E-state index contributed by atoms with van der Waals surface area (Å²) in [6, 6.07) is 3.59. The molecule has 132 valence electrons. The van der Waals surface area contributed by atoms with Gasteiger partial charge in [-0.05, 0) is 18.4 Å². The van der Waals surface area contributed by atoms with Gasteiger partial charge in [-0.1, -0.05) is 44.2 Å².